The van der Waals surface area contributed by atoms with Crippen molar-refractivity contribution in [3.8, 4) is 0 Å². The predicted molar refractivity (Wildman–Crippen MR) is 99.9 cm³/mol. The molecule has 1 saturated carbocycles. The molecule has 1 N–H and O–H groups in total. The summed E-state index contributed by atoms with van der Waals surface area (Å²) < 4.78 is 52.5. The van der Waals surface area contributed by atoms with Gasteiger partial charge in [0.15, 0.2) is 0 Å². The van der Waals surface area contributed by atoms with Crippen molar-refractivity contribution in [1.29, 1.82) is 0 Å². The molecular formula is C21H23F4N3O. The molecule has 1 aromatic carbocycles. The summed E-state index contributed by atoms with van der Waals surface area (Å²) in [6, 6.07) is 2.57. The topological polar surface area (TPSA) is 49.0 Å². The fraction of sp³-hybridized carbons (Fsp3) is 0.524. The number of hydrogen-bond acceptors (Lipinski definition) is 3. The minimum absolute atomic E-state index is 0.143. The Balaban J connectivity index is 1.52. The third-order valence-corrected chi connectivity index (χ3v) is 5.85. The van der Waals surface area contributed by atoms with Crippen molar-refractivity contribution >= 4 is 0 Å². The number of nitrogens with zero attached hydrogens (tertiary/aromatic N) is 2. The predicted octanol–water partition coefficient (Wildman–Crippen LogP) is 4.53. The highest BCUT2D eigenvalue weighted by Gasteiger charge is 2.32. The molecule has 0 spiro atoms. The molecule has 8 heteroatoms. The molecule has 4 nitrogen and oxygen atoms in total. The number of alkyl halides is 3. The number of fused-ring (bicyclic) bond motifs is 1. The smallest absolute Gasteiger partial charge is 0.310 e. The molecule has 1 aromatic heterocycles. The summed E-state index contributed by atoms with van der Waals surface area (Å²) in [4.78, 5) is 22.1. The first-order valence-corrected chi connectivity index (χ1v) is 10.0. The molecule has 1 aliphatic carbocycles. The maximum Gasteiger partial charge on any atom is 0.416 e. The van der Waals surface area contributed by atoms with Crippen molar-refractivity contribution < 1.29 is 17.6 Å². The zero-order chi connectivity index (χ0) is 20.6. The van der Waals surface area contributed by atoms with E-state index in [0.29, 0.717) is 37.1 Å². The molecule has 0 unspecified atom stereocenters. The van der Waals surface area contributed by atoms with Crippen LogP contribution in [0.25, 0.3) is 0 Å². The van der Waals surface area contributed by atoms with E-state index in [1.54, 1.807) is 0 Å². The van der Waals surface area contributed by atoms with Gasteiger partial charge in [-0.25, -0.2) is 9.37 Å². The number of aromatic nitrogens is 2. The molecular weight excluding hydrogens is 386 g/mol. The second kappa shape index (κ2) is 7.89. The summed E-state index contributed by atoms with van der Waals surface area (Å²) in [5, 5.41) is 0. The minimum atomic E-state index is -4.60. The third kappa shape index (κ3) is 4.52. The lowest BCUT2D eigenvalue weighted by atomic mass is 9.88. The highest BCUT2D eigenvalue weighted by molar-refractivity contribution is 5.28. The molecule has 29 heavy (non-hydrogen) atoms. The SMILES string of the molecule is O=c1[nH]c(C2CCCCC2)nc2c1CN(Cc1cc(F)cc(C(F)(F)F)c1)CC2. The Morgan fingerprint density at radius 3 is 2.62 bits per heavy atom. The summed E-state index contributed by atoms with van der Waals surface area (Å²) in [5.41, 5.74) is 0.407. The maximum absolute atomic E-state index is 13.7. The molecule has 0 radical (unpaired) electrons. The van der Waals surface area contributed by atoms with Crippen LogP contribution in [0.4, 0.5) is 17.6 Å². The first-order valence-electron chi connectivity index (χ1n) is 10.0. The summed E-state index contributed by atoms with van der Waals surface area (Å²) in [5.74, 6) is 0.151. The molecule has 4 rings (SSSR count). The molecule has 0 amide bonds. The van der Waals surface area contributed by atoms with Crippen LogP contribution >= 0.6 is 0 Å². The van der Waals surface area contributed by atoms with Crippen LogP contribution in [-0.4, -0.2) is 21.4 Å². The standard InChI is InChI=1S/C21H23F4N3O/c22-16-9-13(8-15(10-16)21(23,24)25)11-28-7-6-18-17(12-28)20(29)27-19(26-18)14-4-2-1-3-5-14/h8-10,14H,1-7,11-12H2,(H,26,27,29). The summed E-state index contributed by atoms with van der Waals surface area (Å²) in [7, 11) is 0. The Hall–Kier alpha value is -2.22. The number of hydrogen-bond donors (Lipinski definition) is 1. The number of H-pyrrole nitrogens is 1. The van der Waals surface area contributed by atoms with Crippen molar-refractivity contribution in [3.63, 3.8) is 0 Å². The van der Waals surface area contributed by atoms with Crippen LogP contribution in [0.5, 0.6) is 0 Å². The van der Waals surface area contributed by atoms with Crippen molar-refractivity contribution in [3.05, 3.63) is 62.6 Å². The summed E-state index contributed by atoms with van der Waals surface area (Å²) >= 11 is 0. The Morgan fingerprint density at radius 2 is 1.90 bits per heavy atom. The van der Waals surface area contributed by atoms with Gasteiger partial charge in [-0.1, -0.05) is 19.3 Å². The van der Waals surface area contributed by atoms with Gasteiger partial charge in [0, 0.05) is 32.0 Å². The van der Waals surface area contributed by atoms with E-state index in [4.69, 9.17) is 4.98 Å². The zero-order valence-corrected chi connectivity index (χ0v) is 16.0. The van der Waals surface area contributed by atoms with Gasteiger partial charge in [0.1, 0.15) is 11.6 Å². The van der Waals surface area contributed by atoms with Gasteiger partial charge >= 0.3 is 6.18 Å². The number of aromatic amines is 1. The van der Waals surface area contributed by atoms with E-state index in [1.807, 2.05) is 4.90 Å². The van der Waals surface area contributed by atoms with E-state index in [1.165, 1.54) is 6.42 Å². The van der Waals surface area contributed by atoms with E-state index < -0.39 is 17.6 Å². The van der Waals surface area contributed by atoms with Crippen molar-refractivity contribution in [1.82, 2.24) is 14.9 Å². The fourth-order valence-corrected chi connectivity index (χ4v) is 4.37. The van der Waals surface area contributed by atoms with E-state index >= 15 is 0 Å². The van der Waals surface area contributed by atoms with Crippen molar-refractivity contribution in [2.45, 2.75) is 63.7 Å². The van der Waals surface area contributed by atoms with Crippen molar-refractivity contribution in [2.75, 3.05) is 6.54 Å². The van der Waals surface area contributed by atoms with E-state index in [9.17, 15) is 22.4 Å². The fourth-order valence-electron chi connectivity index (χ4n) is 4.37. The van der Waals surface area contributed by atoms with Crippen LogP contribution in [0.15, 0.2) is 23.0 Å². The van der Waals surface area contributed by atoms with Gasteiger partial charge in [-0.2, -0.15) is 13.2 Å². The van der Waals surface area contributed by atoms with Gasteiger partial charge in [0.25, 0.3) is 5.56 Å². The quantitative estimate of drug-likeness (QED) is 0.758. The molecule has 0 bridgehead atoms. The van der Waals surface area contributed by atoms with Crippen LogP contribution in [0.3, 0.4) is 0 Å². The van der Waals surface area contributed by atoms with Crippen LogP contribution in [0, 0.1) is 5.82 Å². The number of benzene rings is 1. The van der Waals surface area contributed by atoms with Gasteiger partial charge in [-0.05, 0) is 36.6 Å². The minimum Gasteiger partial charge on any atom is -0.310 e. The lowest BCUT2D eigenvalue weighted by Crippen LogP contribution is -2.36. The molecule has 1 fully saturated rings. The monoisotopic (exact) mass is 409 g/mol. The normalized spacial score (nSPS) is 18.6. The van der Waals surface area contributed by atoms with E-state index in [-0.39, 0.29) is 17.7 Å². The second-order valence-corrected chi connectivity index (χ2v) is 8.02. The van der Waals surface area contributed by atoms with Crippen LogP contribution in [-0.2, 0) is 25.7 Å². The van der Waals surface area contributed by atoms with E-state index in [0.717, 1.165) is 49.3 Å². The molecule has 1 aliphatic heterocycles. The average molecular weight is 409 g/mol. The lowest BCUT2D eigenvalue weighted by Gasteiger charge is -2.29. The molecule has 2 aromatic rings. The molecule has 2 heterocycles. The molecule has 0 saturated heterocycles. The second-order valence-electron chi connectivity index (χ2n) is 8.02. The number of halogens is 4. The average Bonchev–Trinajstić information content (AvgIpc) is 2.68. The molecule has 2 aliphatic rings. The maximum atomic E-state index is 13.7. The van der Waals surface area contributed by atoms with Gasteiger partial charge in [0.05, 0.1) is 16.8 Å². The number of rotatable bonds is 3. The van der Waals surface area contributed by atoms with Crippen LogP contribution < -0.4 is 5.56 Å². The zero-order valence-electron chi connectivity index (χ0n) is 16.0. The first-order chi connectivity index (χ1) is 13.8. The number of nitrogens with one attached hydrogen (secondary N) is 1. The Kier molecular flexibility index (Phi) is 5.46. The highest BCUT2D eigenvalue weighted by atomic mass is 19.4. The highest BCUT2D eigenvalue weighted by Crippen LogP contribution is 2.32. The summed E-state index contributed by atoms with van der Waals surface area (Å²) in [6.45, 7) is 0.996. The third-order valence-electron chi connectivity index (χ3n) is 5.85. The Labute approximate surface area is 166 Å². The van der Waals surface area contributed by atoms with Gasteiger partial charge in [-0.3, -0.25) is 9.69 Å². The molecule has 156 valence electrons. The van der Waals surface area contributed by atoms with Gasteiger partial charge < -0.3 is 4.98 Å². The summed E-state index contributed by atoms with van der Waals surface area (Å²) in [6.07, 6.45) is 1.54. The lowest BCUT2D eigenvalue weighted by molar-refractivity contribution is -0.137. The van der Waals surface area contributed by atoms with E-state index in [2.05, 4.69) is 4.98 Å². The van der Waals surface area contributed by atoms with Gasteiger partial charge in [-0.15, -0.1) is 0 Å². The Morgan fingerprint density at radius 1 is 1.14 bits per heavy atom. The molecule has 0 atom stereocenters. The first kappa shape index (κ1) is 20.1. The largest absolute Gasteiger partial charge is 0.416 e. The van der Waals surface area contributed by atoms with Crippen molar-refractivity contribution in [2.24, 2.45) is 0 Å². The van der Waals surface area contributed by atoms with Crippen LogP contribution in [0.1, 0.15) is 66.2 Å². The van der Waals surface area contributed by atoms with Crippen LogP contribution in [0.2, 0.25) is 0 Å². The van der Waals surface area contributed by atoms with Gasteiger partial charge in [0.2, 0.25) is 0 Å². The Bertz CT molecular complexity index is 948.